The van der Waals surface area contributed by atoms with Gasteiger partial charge in [-0.1, -0.05) is 32.1 Å². The van der Waals surface area contributed by atoms with E-state index < -0.39 is 18.4 Å². The molecule has 1 saturated carbocycles. The zero-order chi connectivity index (χ0) is 27.7. The van der Waals surface area contributed by atoms with Crippen molar-refractivity contribution in [3.63, 3.8) is 0 Å². The number of hydrogen-bond acceptors (Lipinski definition) is 5. The van der Waals surface area contributed by atoms with E-state index in [2.05, 4.69) is 47.5 Å². The number of carbonyl (C=O) groups excluding carboxylic acids is 1. The van der Waals surface area contributed by atoms with Gasteiger partial charge < -0.3 is 20.5 Å². The van der Waals surface area contributed by atoms with Crippen molar-refractivity contribution in [2.24, 2.45) is 0 Å². The van der Waals surface area contributed by atoms with Gasteiger partial charge in [0.2, 0.25) is 0 Å². The van der Waals surface area contributed by atoms with E-state index in [0.29, 0.717) is 11.7 Å². The number of nitrogens with one attached hydrogen (secondary N) is 3. The molecule has 0 atom stereocenters. The summed E-state index contributed by atoms with van der Waals surface area (Å²) in [5, 5.41) is 21.6. The quantitative estimate of drug-likeness (QED) is 0.329. The summed E-state index contributed by atoms with van der Waals surface area (Å²) in [5.74, 6) is -1.48. The second-order valence-electron chi connectivity index (χ2n) is 11.4. The minimum Gasteiger partial charge on any atom is -0.481 e. The van der Waals surface area contributed by atoms with E-state index in [9.17, 15) is 14.4 Å². The Balaban J connectivity index is 0.000000505. The number of pyridine rings is 1. The van der Waals surface area contributed by atoms with Crippen molar-refractivity contribution < 1.29 is 24.6 Å². The predicted octanol–water partition coefficient (Wildman–Crippen LogP) is 5.32. The van der Waals surface area contributed by atoms with Gasteiger partial charge in [-0.2, -0.15) is 0 Å². The Bertz CT molecular complexity index is 1060. The molecule has 2 aromatic heterocycles. The Morgan fingerprint density at radius 2 is 1.58 bits per heavy atom. The molecular formula is C28H43N5O5. The summed E-state index contributed by atoms with van der Waals surface area (Å²) in [6.07, 6.45) is 12.1. The van der Waals surface area contributed by atoms with Crippen LogP contribution >= 0.6 is 0 Å². The van der Waals surface area contributed by atoms with E-state index in [-0.39, 0.29) is 17.6 Å². The van der Waals surface area contributed by atoms with Gasteiger partial charge in [0.05, 0.1) is 11.0 Å². The number of carbonyl (C=O) groups is 3. The molecule has 0 bridgehead atoms. The Labute approximate surface area is 224 Å². The Morgan fingerprint density at radius 1 is 0.974 bits per heavy atom. The number of nitrogens with zero attached hydrogens (tertiary/aromatic N) is 2. The van der Waals surface area contributed by atoms with Crippen molar-refractivity contribution in [3.8, 4) is 0 Å². The number of fused-ring (bicyclic) bond motifs is 1. The highest BCUT2D eigenvalue weighted by atomic mass is 16.4. The number of anilines is 1. The summed E-state index contributed by atoms with van der Waals surface area (Å²) >= 11 is 0. The lowest BCUT2D eigenvalue weighted by molar-refractivity contribution is -0.147. The zero-order valence-corrected chi connectivity index (χ0v) is 22.9. The molecule has 2 fully saturated rings. The number of likely N-dealkylation sites (tertiary alicyclic amines) is 1. The van der Waals surface area contributed by atoms with Crippen LogP contribution in [0.5, 0.6) is 0 Å². The first-order valence-electron chi connectivity index (χ1n) is 13.8. The third kappa shape index (κ3) is 9.01. The summed E-state index contributed by atoms with van der Waals surface area (Å²) < 4.78 is 0. The van der Waals surface area contributed by atoms with E-state index >= 15 is 0 Å². The first kappa shape index (κ1) is 29.4. The standard InChI is InChI=1S/C25H39N5O.C3H4O4/c1-25(2,3)30-15-13-18(14-16-30)20-17-26-21-11-12-22(28-23(20)21)29-24(31)27-19-9-7-5-4-6-8-10-19;4-2(5)1-3(6)7/h11-12,17-19,26H,4-10,13-16H2,1-3H3,(H2,27,28,29,31);1H2,(H,4,5)(H,6,7). The number of aromatic amines is 1. The number of H-pyrrole nitrogens is 1. The van der Waals surface area contributed by atoms with Crippen molar-refractivity contribution in [3.05, 3.63) is 23.9 Å². The van der Waals surface area contributed by atoms with Crippen molar-refractivity contribution >= 4 is 34.8 Å². The van der Waals surface area contributed by atoms with E-state index in [1.807, 2.05) is 12.1 Å². The van der Waals surface area contributed by atoms with Crippen LogP contribution in [0.25, 0.3) is 11.0 Å². The predicted molar refractivity (Wildman–Crippen MR) is 148 cm³/mol. The maximum absolute atomic E-state index is 12.6. The van der Waals surface area contributed by atoms with E-state index in [1.165, 1.54) is 37.7 Å². The maximum atomic E-state index is 12.6. The summed E-state index contributed by atoms with van der Waals surface area (Å²) in [7, 11) is 0. The highest BCUT2D eigenvalue weighted by Gasteiger charge is 2.29. The summed E-state index contributed by atoms with van der Waals surface area (Å²) in [6, 6.07) is 4.07. The van der Waals surface area contributed by atoms with Crippen molar-refractivity contribution in [2.45, 2.75) is 102 Å². The monoisotopic (exact) mass is 529 g/mol. The molecule has 0 radical (unpaired) electrons. The lowest BCUT2D eigenvalue weighted by atomic mass is 9.88. The third-order valence-electron chi connectivity index (χ3n) is 7.42. The molecule has 2 aliphatic rings. The normalized spacial score (nSPS) is 18.1. The smallest absolute Gasteiger partial charge is 0.320 e. The number of carboxylic acids is 2. The summed E-state index contributed by atoms with van der Waals surface area (Å²) in [5.41, 5.74) is 3.55. The van der Waals surface area contributed by atoms with Gasteiger partial charge in [-0.25, -0.2) is 9.78 Å². The Morgan fingerprint density at radius 3 is 2.13 bits per heavy atom. The maximum Gasteiger partial charge on any atom is 0.320 e. The lowest BCUT2D eigenvalue weighted by Gasteiger charge is -2.40. The number of rotatable bonds is 5. The minimum atomic E-state index is -1.31. The number of aliphatic carboxylic acids is 2. The molecular weight excluding hydrogens is 486 g/mol. The molecule has 0 spiro atoms. The fourth-order valence-corrected chi connectivity index (χ4v) is 5.33. The van der Waals surface area contributed by atoms with Crippen LogP contribution in [0.1, 0.15) is 96.5 Å². The molecule has 5 N–H and O–H groups in total. The largest absolute Gasteiger partial charge is 0.481 e. The van der Waals surface area contributed by atoms with Crippen LogP contribution in [0.2, 0.25) is 0 Å². The molecule has 0 aromatic carbocycles. The summed E-state index contributed by atoms with van der Waals surface area (Å²) in [6.45, 7) is 9.10. The number of aromatic nitrogens is 2. The second kappa shape index (κ2) is 13.6. The number of amides is 2. The average Bonchev–Trinajstić information content (AvgIpc) is 3.23. The van der Waals surface area contributed by atoms with Gasteiger partial charge in [-0.05, 0) is 83.2 Å². The fourth-order valence-electron chi connectivity index (χ4n) is 5.33. The Kier molecular flexibility index (Phi) is 10.5. The van der Waals surface area contributed by atoms with Gasteiger partial charge in [-0.3, -0.25) is 19.8 Å². The third-order valence-corrected chi connectivity index (χ3v) is 7.42. The van der Waals surface area contributed by atoms with Gasteiger partial charge >= 0.3 is 18.0 Å². The SMILES string of the molecule is CC(C)(C)N1CCC(c2c[nH]c3ccc(NC(=O)NC4CCCCCCC4)nc23)CC1.O=C(O)CC(=O)O. The van der Waals surface area contributed by atoms with Crippen LogP contribution in [0.4, 0.5) is 10.6 Å². The molecule has 210 valence electrons. The number of urea groups is 1. The van der Waals surface area contributed by atoms with Crippen LogP contribution in [0.3, 0.4) is 0 Å². The molecule has 10 nitrogen and oxygen atoms in total. The first-order valence-corrected chi connectivity index (χ1v) is 13.8. The van der Waals surface area contributed by atoms with Crippen LogP contribution in [-0.4, -0.2) is 67.7 Å². The van der Waals surface area contributed by atoms with E-state index in [0.717, 1.165) is 49.8 Å². The lowest BCUT2D eigenvalue weighted by Crippen LogP contribution is -2.45. The van der Waals surface area contributed by atoms with E-state index in [1.54, 1.807) is 0 Å². The molecule has 1 saturated heterocycles. The van der Waals surface area contributed by atoms with Gasteiger partial charge in [0.25, 0.3) is 0 Å². The highest BCUT2D eigenvalue weighted by molar-refractivity contribution is 5.90. The molecule has 1 aliphatic heterocycles. The number of hydrogen-bond donors (Lipinski definition) is 5. The zero-order valence-electron chi connectivity index (χ0n) is 22.9. The topological polar surface area (TPSA) is 148 Å². The van der Waals surface area contributed by atoms with E-state index in [4.69, 9.17) is 15.2 Å². The first-order chi connectivity index (χ1) is 18.0. The highest BCUT2D eigenvalue weighted by Crippen LogP contribution is 2.34. The van der Waals surface area contributed by atoms with Crippen molar-refractivity contribution in [1.29, 1.82) is 0 Å². The van der Waals surface area contributed by atoms with Crippen LogP contribution in [0.15, 0.2) is 18.3 Å². The second-order valence-corrected chi connectivity index (χ2v) is 11.4. The molecule has 1 aliphatic carbocycles. The van der Waals surface area contributed by atoms with Gasteiger partial charge in [0.15, 0.2) is 0 Å². The molecule has 0 unspecified atom stereocenters. The Hall–Kier alpha value is -3.14. The van der Waals surface area contributed by atoms with Gasteiger partial charge in [0.1, 0.15) is 12.2 Å². The average molecular weight is 530 g/mol. The fraction of sp³-hybridized carbons (Fsp3) is 0.643. The summed E-state index contributed by atoms with van der Waals surface area (Å²) in [4.78, 5) is 42.2. The minimum absolute atomic E-state index is 0.131. The molecule has 4 rings (SSSR count). The van der Waals surface area contributed by atoms with Gasteiger partial charge in [-0.15, -0.1) is 0 Å². The molecule has 2 amide bonds. The molecule has 3 heterocycles. The molecule has 10 heteroatoms. The van der Waals surface area contributed by atoms with Crippen LogP contribution in [-0.2, 0) is 9.59 Å². The van der Waals surface area contributed by atoms with Crippen molar-refractivity contribution in [2.75, 3.05) is 18.4 Å². The van der Waals surface area contributed by atoms with Crippen LogP contribution in [0, 0.1) is 0 Å². The van der Waals surface area contributed by atoms with Crippen molar-refractivity contribution in [1.82, 2.24) is 20.2 Å². The number of carboxylic acid groups (broad SMARTS) is 2. The number of piperidine rings is 1. The van der Waals surface area contributed by atoms with Gasteiger partial charge in [0, 0.05) is 17.8 Å². The molecule has 2 aromatic rings. The van der Waals surface area contributed by atoms with Crippen LogP contribution < -0.4 is 10.6 Å². The molecule has 38 heavy (non-hydrogen) atoms.